The van der Waals surface area contributed by atoms with Gasteiger partial charge in [-0.15, -0.1) is 0 Å². The van der Waals surface area contributed by atoms with Crippen LogP contribution in [-0.4, -0.2) is 42.3 Å². The van der Waals surface area contributed by atoms with Gasteiger partial charge in [-0.1, -0.05) is 12.8 Å². The third kappa shape index (κ3) is 4.41. The van der Waals surface area contributed by atoms with Crippen molar-refractivity contribution in [3.8, 4) is 11.5 Å². The molecule has 37 heavy (non-hydrogen) atoms. The molecule has 0 bridgehead atoms. The Balaban J connectivity index is 1.25. The van der Waals surface area contributed by atoms with Crippen LogP contribution in [0, 0.1) is 27.9 Å². The average Bonchev–Trinajstić information content (AvgIpc) is 3.41. The molecule has 0 spiro atoms. The van der Waals surface area contributed by atoms with Gasteiger partial charge in [0.1, 0.15) is 11.5 Å². The van der Waals surface area contributed by atoms with Gasteiger partial charge in [0, 0.05) is 19.0 Å². The van der Waals surface area contributed by atoms with Gasteiger partial charge in [0.25, 0.3) is 5.69 Å². The fraction of sp³-hybridized carbons (Fsp3) is 0.385. The first-order valence-electron chi connectivity index (χ1n) is 12.1. The van der Waals surface area contributed by atoms with Gasteiger partial charge in [0.2, 0.25) is 17.7 Å². The maximum absolute atomic E-state index is 12.8. The molecular formula is C26H25N3O8. The average molecular weight is 507 g/mol. The van der Waals surface area contributed by atoms with Crippen LogP contribution in [0.5, 0.6) is 11.5 Å². The minimum absolute atomic E-state index is 0.0312. The first-order chi connectivity index (χ1) is 17.8. The summed E-state index contributed by atoms with van der Waals surface area (Å²) in [5.41, 5.74) is 0.595. The summed E-state index contributed by atoms with van der Waals surface area (Å²) in [5.74, 6) is -2.18. The highest BCUT2D eigenvalue weighted by Crippen LogP contribution is 2.40. The fourth-order valence-corrected chi connectivity index (χ4v) is 5.38. The smallest absolute Gasteiger partial charge is 0.316 e. The number of carbonyl (C=O) groups is 4. The van der Waals surface area contributed by atoms with Crippen molar-refractivity contribution in [2.24, 2.45) is 17.8 Å². The Labute approximate surface area is 212 Å². The number of anilines is 2. The van der Waals surface area contributed by atoms with Crippen molar-refractivity contribution in [3.05, 3.63) is 52.6 Å². The number of nitro groups is 1. The van der Waals surface area contributed by atoms with Crippen LogP contribution in [0.3, 0.4) is 0 Å². The van der Waals surface area contributed by atoms with Crippen molar-refractivity contribution in [3.63, 3.8) is 0 Å². The highest BCUT2D eigenvalue weighted by Gasteiger charge is 2.48. The van der Waals surface area contributed by atoms with E-state index in [1.807, 2.05) is 0 Å². The molecule has 192 valence electrons. The SMILES string of the molecule is COc1cc([N+](=O)[O-])ccc1N1C[C@H](C(=O)Oc2ccc(N3C(=O)[C@@H]4CCCC[C@H]4C3=O)cc2)CC1=O. The molecule has 0 radical (unpaired) electrons. The van der Waals surface area contributed by atoms with E-state index in [9.17, 15) is 29.3 Å². The van der Waals surface area contributed by atoms with Gasteiger partial charge in [0.05, 0.1) is 47.2 Å². The molecule has 5 rings (SSSR count). The molecule has 1 saturated carbocycles. The van der Waals surface area contributed by atoms with Crippen LogP contribution in [-0.2, 0) is 19.2 Å². The van der Waals surface area contributed by atoms with Crippen LogP contribution in [0.25, 0.3) is 0 Å². The number of ether oxygens (including phenoxy) is 2. The molecule has 1 aliphatic carbocycles. The van der Waals surface area contributed by atoms with Crippen molar-refractivity contribution in [1.29, 1.82) is 0 Å². The van der Waals surface area contributed by atoms with Gasteiger partial charge in [-0.2, -0.15) is 0 Å². The fourth-order valence-electron chi connectivity index (χ4n) is 5.38. The number of fused-ring (bicyclic) bond motifs is 1. The van der Waals surface area contributed by atoms with E-state index in [1.165, 1.54) is 47.2 Å². The lowest BCUT2D eigenvalue weighted by atomic mass is 9.81. The van der Waals surface area contributed by atoms with Gasteiger partial charge in [-0.3, -0.25) is 34.2 Å². The zero-order valence-corrected chi connectivity index (χ0v) is 20.1. The molecule has 11 nitrogen and oxygen atoms in total. The molecule has 2 aromatic carbocycles. The minimum Gasteiger partial charge on any atom is -0.494 e. The van der Waals surface area contributed by atoms with Gasteiger partial charge < -0.3 is 14.4 Å². The molecule has 2 heterocycles. The number of rotatable bonds is 6. The number of methoxy groups -OCH3 is 1. The Hall–Kier alpha value is -4.28. The monoisotopic (exact) mass is 507 g/mol. The summed E-state index contributed by atoms with van der Waals surface area (Å²) in [6.07, 6.45) is 3.26. The summed E-state index contributed by atoms with van der Waals surface area (Å²) < 4.78 is 10.7. The topological polar surface area (TPSA) is 136 Å². The first-order valence-corrected chi connectivity index (χ1v) is 12.1. The molecule has 3 atom stereocenters. The number of hydrogen-bond acceptors (Lipinski definition) is 8. The van der Waals surface area contributed by atoms with Crippen LogP contribution in [0.2, 0.25) is 0 Å². The van der Waals surface area contributed by atoms with E-state index in [0.29, 0.717) is 11.4 Å². The van der Waals surface area contributed by atoms with Crippen molar-refractivity contribution >= 4 is 40.8 Å². The Morgan fingerprint density at radius 1 is 1.00 bits per heavy atom. The summed E-state index contributed by atoms with van der Waals surface area (Å²) in [5, 5.41) is 11.0. The second kappa shape index (κ2) is 9.64. The standard InChI is InChI=1S/C26H25N3O8/c1-36-22-13-17(29(34)35)8-11-21(22)27-14-15(12-23(27)30)26(33)37-18-9-6-16(7-10-18)28-24(31)19-4-2-3-5-20(19)25(28)32/h6-11,13,15,19-20H,2-5,12,14H2,1H3/t15-,19-,20-/m1/s1. The van der Waals surface area contributed by atoms with Gasteiger partial charge in [-0.25, -0.2) is 0 Å². The lowest BCUT2D eigenvalue weighted by Gasteiger charge is -2.19. The normalized spacial score (nSPS) is 23.3. The molecule has 2 aliphatic heterocycles. The number of esters is 1. The zero-order chi connectivity index (χ0) is 26.3. The molecular weight excluding hydrogens is 482 g/mol. The molecule has 3 fully saturated rings. The summed E-state index contributed by atoms with van der Waals surface area (Å²) in [6, 6.07) is 10.1. The Kier molecular flexibility index (Phi) is 6.36. The van der Waals surface area contributed by atoms with E-state index in [0.717, 1.165) is 25.7 Å². The minimum atomic E-state index is -0.753. The van der Waals surface area contributed by atoms with E-state index in [-0.39, 0.29) is 59.7 Å². The zero-order valence-electron chi connectivity index (χ0n) is 20.1. The highest BCUT2D eigenvalue weighted by atomic mass is 16.6. The van der Waals surface area contributed by atoms with E-state index in [2.05, 4.69) is 0 Å². The lowest BCUT2D eigenvalue weighted by Crippen LogP contribution is -2.30. The van der Waals surface area contributed by atoms with Crippen molar-refractivity contribution in [2.75, 3.05) is 23.5 Å². The van der Waals surface area contributed by atoms with E-state index < -0.39 is 16.8 Å². The van der Waals surface area contributed by atoms with Crippen LogP contribution >= 0.6 is 0 Å². The molecule has 3 amide bonds. The Bertz CT molecular complexity index is 1270. The predicted octanol–water partition coefficient (Wildman–Crippen LogP) is 3.24. The predicted molar refractivity (Wildman–Crippen MR) is 130 cm³/mol. The van der Waals surface area contributed by atoms with E-state index in [4.69, 9.17) is 9.47 Å². The summed E-state index contributed by atoms with van der Waals surface area (Å²) in [4.78, 5) is 64.1. The number of hydrogen-bond donors (Lipinski definition) is 0. The van der Waals surface area contributed by atoms with Gasteiger partial charge in [0.15, 0.2) is 0 Å². The maximum atomic E-state index is 12.8. The van der Waals surface area contributed by atoms with Crippen molar-refractivity contribution < 1.29 is 33.6 Å². The summed E-state index contributed by atoms with van der Waals surface area (Å²) in [7, 11) is 1.34. The maximum Gasteiger partial charge on any atom is 0.316 e. The van der Waals surface area contributed by atoms with Gasteiger partial charge >= 0.3 is 5.97 Å². The Morgan fingerprint density at radius 2 is 1.65 bits per heavy atom. The second-order valence-electron chi connectivity index (χ2n) is 9.44. The molecule has 0 aromatic heterocycles. The van der Waals surface area contributed by atoms with Crippen molar-refractivity contribution in [1.82, 2.24) is 0 Å². The third-order valence-electron chi connectivity index (χ3n) is 7.28. The Morgan fingerprint density at radius 3 is 2.24 bits per heavy atom. The molecule has 0 N–H and O–H groups in total. The first kappa shape index (κ1) is 24.4. The van der Waals surface area contributed by atoms with Crippen LogP contribution in [0.15, 0.2) is 42.5 Å². The number of amides is 3. The van der Waals surface area contributed by atoms with Crippen molar-refractivity contribution in [2.45, 2.75) is 32.1 Å². The molecule has 0 unspecified atom stereocenters. The second-order valence-corrected chi connectivity index (χ2v) is 9.44. The largest absolute Gasteiger partial charge is 0.494 e. The highest BCUT2D eigenvalue weighted by molar-refractivity contribution is 6.22. The van der Waals surface area contributed by atoms with E-state index >= 15 is 0 Å². The number of imide groups is 1. The molecule has 2 saturated heterocycles. The number of nitrogens with zero attached hydrogens (tertiary/aromatic N) is 3. The third-order valence-corrected chi connectivity index (χ3v) is 7.28. The summed E-state index contributed by atoms with van der Waals surface area (Å²) in [6.45, 7) is 0.0312. The van der Waals surface area contributed by atoms with Crippen LogP contribution < -0.4 is 19.3 Å². The molecule has 3 aliphatic rings. The quantitative estimate of drug-likeness (QED) is 0.191. The number of nitro benzene ring substituents is 1. The van der Waals surface area contributed by atoms with E-state index in [1.54, 1.807) is 12.1 Å². The lowest BCUT2D eigenvalue weighted by molar-refractivity contribution is -0.384. The molecule has 11 heteroatoms. The molecule has 2 aromatic rings. The number of non-ortho nitro benzene ring substituents is 1. The number of carbonyl (C=O) groups excluding carboxylic acids is 4. The van der Waals surface area contributed by atoms with Crippen LogP contribution in [0.1, 0.15) is 32.1 Å². The van der Waals surface area contributed by atoms with Crippen LogP contribution in [0.4, 0.5) is 17.1 Å². The number of benzene rings is 2. The summed E-state index contributed by atoms with van der Waals surface area (Å²) >= 11 is 0. The van der Waals surface area contributed by atoms with Gasteiger partial charge in [-0.05, 0) is 43.2 Å².